The summed E-state index contributed by atoms with van der Waals surface area (Å²) in [6, 6.07) is 6.62. The van der Waals surface area contributed by atoms with Crippen LogP contribution in [0.25, 0.3) is 11.3 Å². The maximum Gasteiger partial charge on any atom is 0.123 e. The Bertz CT molecular complexity index is 898. The number of hydrogen-bond donors (Lipinski definition) is 1. The summed E-state index contributed by atoms with van der Waals surface area (Å²) in [5.41, 5.74) is 4.34. The Balaban J connectivity index is 2.06. The van der Waals surface area contributed by atoms with Crippen molar-refractivity contribution in [3.8, 4) is 11.3 Å². The Morgan fingerprint density at radius 3 is 2.72 bits per heavy atom. The van der Waals surface area contributed by atoms with Crippen molar-refractivity contribution in [1.82, 2.24) is 14.8 Å². The van der Waals surface area contributed by atoms with Gasteiger partial charge in [0, 0.05) is 29.6 Å². The lowest BCUT2D eigenvalue weighted by atomic mass is 9.99. The first kappa shape index (κ1) is 17.8. The van der Waals surface area contributed by atoms with E-state index in [1.54, 1.807) is 24.3 Å². The first-order chi connectivity index (χ1) is 11.9. The van der Waals surface area contributed by atoms with Crippen LogP contribution in [-0.4, -0.2) is 19.9 Å². The fourth-order valence-electron chi connectivity index (χ4n) is 2.97. The van der Waals surface area contributed by atoms with E-state index in [9.17, 15) is 9.50 Å². The second-order valence-electron chi connectivity index (χ2n) is 6.19. The molecule has 2 heterocycles. The molecule has 0 bridgehead atoms. The number of thiazole rings is 1. The van der Waals surface area contributed by atoms with Gasteiger partial charge in [-0.05, 0) is 50.1 Å². The number of halogens is 1. The van der Waals surface area contributed by atoms with Crippen molar-refractivity contribution in [1.29, 1.82) is 0 Å². The van der Waals surface area contributed by atoms with Crippen LogP contribution in [0.1, 0.15) is 46.8 Å². The van der Waals surface area contributed by atoms with Crippen molar-refractivity contribution in [3.63, 3.8) is 0 Å². The van der Waals surface area contributed by atoms with E-state index in [2.05, 4.69) is 23.1 Å². The Hall–Kier alpha value is -2.05. The Kier molecular flexibility index (Phi) is 5.01. The molecule has 0 amide bonds. The summed E-state index contributed by atoms with van der Waals surface area (Å²) in [5.74, 6) is -0.354. The highest BCUT2D eigenvalue weighted by Gasteiger charge is 2.19. The summed E-state index contributed by atoms with van der Waals surface area (Å²) >= 11 is 1.63. The van der Waals surface area contributed by atoms with E-state index in [4.69, 9.17) is 0 Å². The lowest BCUT2D eigenvalue weighted by Gasteiger charge is -2.12. The minimum atomic E-state index is -0.760. The van der Waals surface area contributed by atoms with Crippen LogP contribution < -0.4 is 0 Å². The van der Waals surface area contributed by atoms with Crippen LogP contribution in [0.3, 0.4) is 0 Å². The average molecular weight is 359 g/mol. The van der Waals surface area contributed by atoms with E-state index in [1.165, 1.54) is 12.1 Å². The molecule has 1 N–H and O–H groups in total. The maximum absolute atomic E-state index is 13.6. The van der Waals surface area contributed by atoms with Crippen LogP contribution in [0.2, 0.25) is 0 Å². The van der Waals surface area contributed by atoms with Gasteiger partial charge in [-0.25, -0.2) is 9.37 Å². The van der Waals surface area contributed by atoms with Gasteiger partial charge in [0.1, 0.15) is 5.82 Å². The van der Waals surface area contributed by atoms with Crippen LogP contribution in [-0.2, 0) is 19.9 Å². The first-order valence-corrected chi connectivity index (χ1v) is 9.16. The Morgan fingerprint density at radius 2 is 2.08 bits per heavy atom. The van der Waals surface area contributed by atoms with E-state index in [0.29, 0.717) is 12.0 Å². The van der Waals surface area contributed by atoms with Crippen LogP contribution >= 0.6 is 11.3 Å². The highest BCUT2D eigenvalue weighted by molar-refractivity contribution is 7.12. The lowest BCUT2D eigenvalue weighted by Crippen LogP contribution is -2.01. The third-order valence-corrected chi connectivity index (χ3v) is 5.23. The lowest BCUT2D eigenvalue weighted by molar-refractivity contribution is 0.199. The molecule has 4 nitrogen and oxygen atoms in total. The summed E-state index contributed by atoms with van der Waals surface area (Å²) in [6.45, 7) is 5.69. The van der Waals surface area contributed by atoms with Gasteiger partial charge in [0.25, 0.3) is 0 Å². The van der Waals surface area contributed by atoms with E-state index in [1.807, 2.05) is 18.7 Å². The number of aryl methyl sites for hydroxylation is 3. The molecule has 3 rings (SSSR count). The summed E-state index contributed by atoms with van der Waals surface area (Å²) in [5, 5.41) is 15.5. The third-order valence-electron chi connectivity index (χ3n) is 4.25. The zero-order valence-corrected chi connectivity index (χ0v) is 15.7. The number of aromatic nitrogens is 3. The van der Waals surface area contributed by atoms with Gasteiger partial charge in [0.15, 0.2) is 0 Å². The molecule has 0 spiro atoms. The van der Waals surface area contributed by atoms with E-state index >= 15 is 0 Å². The van der Waals surface area contributed by atoms with Gasteiger partial charge in [-0.3, -0.25) is 4.68 Å². The van der Waals surface area contributed by atoms with Crippen LogP contribution in [0.5, 0.6) is 0 Å². The summed E-state index contributed by atoms with van der Waals surface area (Å²) in [6.07, 6.45) is 0.844. The number of benzene rings is 1. The molecule has 0 saturated carbocycles. The summed E-state index contributed by atoms with van der Waals surface area (Å²) in [7, 11) is 1.95. The van der Waals surface area contributed by atoms with Gasteiger partial charge in [0.05, 0.1) is 22.5 Å². The van der Waals surface area contributed by atoms with Crippen LogP contribution in [0.4, 0.5) is 4.39 Å². The predicted molar refractivity (Wildman–Crippen MR) is 98.3 cm³/mol. The van der Waals surface area contributed by atoms with E-state index in [0.717, 1.165) is 39.0 Å². The van der Waals surface area contributed by atoms with Crippen molar-refractivity contribution in [2.75, 3.05) is 0 Å². The molecule has 6 heteroatoms. The molecule has 0 aliphatic carbocycles. The van der Waals surface area contributed by atoms with Gasteiger partial charge in [-0.1, -0.05) is 6.92 Å². The zero-order valence-electron chi connectivity index (χ0n) is 14.9. The molecule has 1 atom stereocenters. The van der Waals surface area contributed by atoms with Gasteiger partial charge in [0.2, 0.25) is 0 Å². The second kappa shape index (κ2) is 7.06. The van der Waals surface area contributed by atoms with Crippen molar-refractivity contribution in [2.45, 2.75) is 39.7 Å². The molecule has 0 aliphatic heterocycles. The van der Waals surface area contributed by atoms with E-state index < -0.39 is 6.10 Å². The number of aliphatic hydroxyl groups is 1. The SMILES string of the molecule is CCc1cc(Cc2sc(C)nc2-c2ccc(F)cc2[C@@H](C)O)n(C)n1. The fourth-order valence-corrected chi connectivity index (χ4v) is 3.93. The van der Waals surface area contributed by atoms with Crippen molar-refractivity contribution >= 4 is 11.3 Å². The first-order valence-electron chi connectivity index (χ1n) is 8.35. The number of hydrogen-bond acceptors (Lipinski definition) is 4. The summed E-state index contributed by atoms with van der Waals surface area (Å²) < 4.78 is 15.5. The molecule has 0 unspecified atom stereocenters. The molecule has 0 saturated heterocycles. The van der Waals surface area contributed by atoms with Crippen molar-refractivity contribution < 1.29 is 9.50 Å². The molecule has 2 aromatic heterocycles. The highest BCUT2D eigenvalue weighted by atomic mass is 32.1. The molecule has 132 valence electrons. The van der Waals surface area contributed by atoms with Gasteiger partial charge in [-0.2, -0.15) is 5.10 Å². The molecule has 0 fully saturated rings. The Morgan fingerprint density at radius 1 is 1.32 bits per heavy atom. The smallest absolute Gasteiger partial charge is 0.123 e. The molecule has 25 heavy (non-hydrogen) atoms. The summed E-state index contributed by atoms with van der Waals surface area (Å²) in [4.78, 5) is 5.76. The number of rotatable bonds is 5. The monoisotopic (exact) mass is 359 g/mol. The largest absolute Gasteiger partial charge is 0.389 e. The molecule has 0 aliphatic rings. The van der Waals surface area contributed by atoms with Crippen molar-refractivity contribution in [3.05, 3.63) is 56.9 Å². The molecule has 1 aromatic carbocycles. The number of nitrogens with zero attached hydrogens (tertiary/aromatic N) is 3. The average Bonchev–Trinajstić information content (AvgIpc) is 3.10. The molecule has 0 radical (unpaired) electrons. The highest BCUT2D eigenvalue weighted by Crippen LogP contribution is 2.35. The fraction of sp³-hybridized carbons (Fsp3) is 0.368. The van der Waals surface area contributed by atoms with Gasteiger partial charge in [-0.15, -0.1) is 11.3 Å². The minimum Gasteiger partial charge on any atom is -0.389 e. The zero-order chi connectivity index (χ0) is 18.1. The minimum absolute atomic E-state index is 0.354. The van der Waals surface area contributed by atoms with Gasteiger partial charge < -0.3 is 5.11 Å². The predicted octanol–water partition coefficient (Wildman–Crippen LogP) is 4.20. The van der Waals surface area contributed by atoms with Crippen LogP contribution in [0, 0.1) is 12.7 Å². The normalized spacial score (nSPS) is 12.6. The topological polar surface area (TPSA) is 50.9 Å². The quantitative estimate of drug-likeness (QED) is 0.743. The standard InChI is InChI=1S/C19H22FN3OS/c1-5-14-9-15(23(4)22-14)10-18-19(21-12(3)25-18)16-7-6-13(20)8-17(16)11(2)24/h6-9,11,24H,5,10H2,1-4H3/t11-/m1/s1. The number of aliphatic hydroxyl groups excluding tert-OH is 1. The maximum atomic E-state index is 13.6. The Labute approximate surface area is 151 Å². The molecule has 3 aromatic rings. The molecular formula is C19H22FN3OS. The van der Waals surface area contributed by atoms with Crippen LogP contribution in [0.15, 0.2) is 24.3 Å². The van der Waals surface area contributed by atoms with E-state index in [-0.39, 0.29) is 5.82 Å². The van der Waals surface area contributed by atoms with Crippen molar-refractivity contribution in [2.24, 2.45) is 7.05 Å². The third kappa shape index (κ3) is 3.65. The second-order valence-corrected chi connectivity index (χ2v) is 7.48. The molecular weight excluding hydrogens is 337 g/mol. The van der Waals surface area contributed by atoms with Gasteiger partial charge >= 0.3 is 0 Å².